The molecule has 4 unspecified atom stereocenters. The Hall–Kier alpha value is -1.75. The normalized spacial score (nSPS) is 26.4. The minimum Gasteiger partial charge on any atom is -0.480 e. The summed E-state index contributed by atoms with van der Waals surface area (Å²) in [5.74, 6) is -2.08. The fourth-order valence-corrected chi connectivity index (χ4v) is 2.22. The average Bonchev–Trinajstić information content (AvgIpc) is 2.72. The maximum Gasteiger partial charge on any atom is 0.329 e. The first-order valence-electron chi connectivity index (χ1n) is 7.58. The summed E-state index contributed by atoms with van der Waals surface area (Å²) in [4.78, 5) is 33.4. The number of nitrogens with one attached hydrogen (secondary N) is 2. The topological polar surface area (TPSA) is 154 Å². The van der Waals surface area contributed by atoms with Crippen LogP contribution < -0.4 is 10.6 Å². The minimum atomic E-state index is -1.25. The molecule has 0 aromatic heterocycles. The number of hydrogen-bond donors (Lipinski definition) is 5. The van der Waals surface area contributed by atoms with Gasteiger partial charge >= 0.3 is 5.97 Å². The smallest absolute Gasteiger partial charge is 0.329 e. The second-order valence-electron chi connectivity index (χ2n) is 5.81. The summed E-state index contributed by atoms with van der Waals surface area (Å²) in [6.07, 6.45) is -4.35. The van der Waals surface area contributed by atoms with Gasteiger partial charge in [-0.15, -0.1) is 0 Å². The number of rotatable bonds is 9. The zero-order valence-corrected chi connectivity index (χ0v) is 13.6. The van der Waals surface area contributed by atoms with Gasteiger partial charge in [-0.3, -0.25) is 9.59 Å². The van der Waals surface area contributed by atoms with Crippen LogP contribution in [0.5, 0.6) is 0 Å². The van der Waals surface area contributed by atoms with Gasteiger partial charge in [0.2, 0.25) is 11.8 Å². The van der Waals surface area contributed by atoms with Crippen molar-refractivity contribution in [3.8, 4) is 0 Å². The quantitative estimate of drug-likeness (QED) is 0.309. The number of carboxylic acid groups (broad SMARTS) is 1. The lowest BCUT2D eigenvalue weighted by Crippen LogP contribution is -2.41. The summed E-state index contributed by atoms with van der Waals surface area (Å²) in [6, 6.07) is -0.0538. The van der Waals surface area contributed by atoms with E-state index in [1.807, 2.05) is 0 Å². The molecule has 138 valence electrons. The summed E-state index contributed by atoms with van der Waals surface area (Å²) in [5, 5.41) is 33.3. The third-order valence-electron chi connectivity index (χ3n) is 3.26. The van der Waals surface area contributed by atoms with Crippen LogP contribution in [0.15, 0.2) is 0 Å². The molecule has 0 bridgehead atoms. The minimum absolute atomic E-state index is 0.0538. The van der Waals surface area contributed by atoms with Crippen molar-refractivity contribution < 1.29 is 39.2 Å². The van der Waals surface area contributed by atoms with E-state index in [2.05, 4.69) is 15.4 Å². The molecule has 10 nitrogen and oxygen atoms in total. The first-order valence-corrected chi connectivity index (χ1v) is 7.58. The van der Waals surface area contributed by atoms with Crippen LogP contribution in [0.1, 0.15) is 20.3 Å². The molecule has 10 heteroatoms. The summed E-state index contributed by atoms with van der Waals surface area (Å²) in [7, 11) is 0. The number of carbonyl (C=O) groups excluding carboxylic acids is 2. The number of aliphatic hydroxyl groups is 2. The Labute approximate surface area is 139 Å². The SMILES string of the molecule is CC(C)NC(=O)CC1OC(CNC(=O)COCC(=O)O)C(O)C1O. The molecule has 1 aliphatic rings. The highest BCUT2D eigenvalue weighted by molar-refractivity contribution is 5.78. The number of aliphatic carboxylic acids is 1. The lowest BCUT2D eigenvalue weighted by molar-refractivity contribution is -0.143. The number of hydrogen-bond acceptors (Lipinski definition) is 7. The summed E-state index contributed by atoms with van der Waals surface area (Å²) in [5.41, 5.74) is 0. The van der Waals surface area contributed by atoms with Gasteiger partial charge < -0.3 is 35.4 Å². The number of carbonyl (C=O) groups is 3. The van der Waals surface area contributed by atoms with E-state index in [1.54, 1.807) is 13.8 Å². The zero-order chi connectivity index (χ0) is 18.3. The van der Waals surface area contributed by atoms with E-state index in [0.717, 1.165) is 0 Å². The molecule has 0 saturated carbocycles. The van der Waals surface area contributed by atoms with Gasteiger partial charge in [-0.2, -0.15) is 0 Å². The summed E-state index contributed by atoms with van der Waals surface area (Å²) in [6.45, 7) is 2.45. The highest BCUT2D eigenvalue weighted by atomic mass is 16.5. The Morgan fingerprint density at radius 1 is 1.08 bits per heavy atom. The van der Waals surface area contributed by atoms with Crippen molar-refractivity contribution in [1.29, 1.82) is 0 Å². The average molecular weight is 348 g/mol. The molecule has 1 fully saturated rings. The molecule has 0 aromatic carbocycles. The van der Waals surface area contributed by atoms with E-state index < -0.39 is 49.5 Å². The molecule has 1 aliphatic heterocycles. The Morgan fingerprint density at radius 3 is 2.29 bits per heavy atom. The van der Waals surface area contributed by atoms with Crippen LogP contribution in [-0.4, -0.2) is 83.3 Å². The lowest BCUT2D eigenvalue weighted by Gasteiger charge is -2.15. The molecule has 0 aromatic rings. The van der Waals surface area contributed by atoms with Crippen LogP contribution >= 0.6 is 0 Å². The Morgan fingerprint density at radius 2 is 1.71 bits per heavy atom. The summed E-state index contributed by atoms with van der Waals surface area (Å²) >= 11 is 0. The third-order valence-corrected chi connectivity index (χ3v) is 3.26. The number of ether oxygens (including phenoxy) is 2. The van der Waals surface area contributed by atoms with Crippen molar-refractivity contribution >= 4 is 17.8 Å². The van der Waals surface area contributed by atoms with Gasteiger partial charge in [0.25, 0.3) is 0 Å². The fourth-order valence-electron chi connectivity index (χ4n) is 2.22. The van der Waals surface area contributed by atoms with E-state index in [0.29, 0.717) is 0 Å². The van der Waals surface area contributed by atoms with Gasteiger partial charge in [0.15, 0.2) is 0 Å². The molecule has 1 rings (SSSR count). The first kappa shape index (κ1) is 20.3. The van der Waals surface area contributed by atoms with Gasteiger partial charge in [0.1, 0.15) is 31.5 Å². The zero-order valence-electron chi connectivity index (χ0n) is 13.6. The van der Waals surface area contributed by atoms with Crippen LogP contribution in [0.3, 0.4) is 0 Å². The maximum absolute atomic E-state index is 11.7. The predicted octanol–water partition coefficient (Wildman–Crippen LogP) is -2.39. The summed E-state index contributed by atoms with van der Waals surface area (Å²) < 4.78 is 10.0. The highest BCUT2D eigenvalue weighted by Crippen LogP contribution is 2.23. The largest absolute Gasteiger partial charge is 0.480 e. The van der Waals surface area contributed by atoms with Crippen molar-refractivity contribution in [3.05, 3.63) is 0 Å². The van der Waals surface area contributed by atoms with Gasteiger partial charge in [-0.1, -0.05) is 0 Å². The van der Waals surface area contributed by atoms with Crippen molar-refractivity contribution in [2.24, 2.45) is 0 Å². The molecule has 5 N–H and O–H groups in total. The van der Waals surface area contributed by atoms with Crippen LogP contribution in [0.2, 0.25) is 0 Å². The van der Waals surface area contributed by atoms with Crippen LogP contribution in [0, 0.1) is 0 Å². The highest BCUT2D eigenvalue weighted by Gasteiger charge is 2.43. The van der Waals surface area contributed by atoms with Crippen molar-refractivity contribution in [1.82, 2.24) is 10.6 Å². The van der Waals surface area contributed by atoms with E-state index >= 15 is 0 Å². The molecule has 24 heavy (non-hydrogen) atoms. The van der Waals surface area contributed by atoms with Crippen LogP contribution in [-0.2, 0) is 23.9 Å². The van der Waals surface area contributed by atoms with E-state index in [1.165, 1.54) is 0 Å². The molecular formula is C14H24N2O8. The second-order valence-corrected chi connectivity index (χ2v) is 5.81. The third kappa shape index (κ3) is 6.79. The van der Waals surface area contributed by atoms with Crippen LogP contribution in [0.25, 0.3) is 0 Å². The lowest BCUT2D eigenvalue weighted by atomic mass is 10.1. The monoisotopic (exact) mass is 348 g/mol. The molecule has 0 spiro atoms. The molecule has 1 saturated heterocycles. The Kier molecular flexibility index (Phi) is 8.05. The second kappa shape index (κ2) is 9.52. The fraction of sp³-hybridized carbons (Fsp3) is 0.786. The van der Waals surface area contributed by atoms with Gasteiger partial charge in [-0.25, -0.2) is 4.79 Å². The number of aliphatic hydroxyl groups excluding tert-OH is 2. The van der Waals surface area contributed by atoms with E-state index in [-0.39, 0.29) is 24.9 Å². The standard InChI is InChI=1S/C14H24N2O8/c1-7(2)16-10(17)3-8-13(21)14(22)9(24-8)4-15-11(18)5-23-6-12(19)20/h7-9,13-14,21-22H,3-6H2,1-2H3,(H,15,18)(H,16,17)(H,19,20). The molecule has 1 heterocycles. The molecule has 2 amide bonds. The van der Waals surface area contributed by atoms with E-state index in [9.17, 15) is 24.6 Å². The van der Waals surface area contributed by atoms with Crippen molar-refractivity contribution in [2.75, 3.05) is 19.8 Å². The van der Waals surface area contributed by atoms with E-state index in [4.69, 9.17) is 9.84 Å². The first-order chi connectivity index (χ1) is 11.2. The van der Waals surface area contributed by atoms with Crippen molar-refractivity contribution in [2.45, 2.75) is 50.7 Å². The van der Waals surface area contributed by atoms with Crippen LogP contribution in [0.4, 0.5) is 0 Å². The molecule has 0 aliphatic carbocycles. The van der Waals surface area contributed by atoms with Gasteiger partial charge in [-0.05, 0) is 13.8 Å². The van der Waals surface area contributed by atoms with Crippen molar-refractivity contribution in [3.63, 3.8) is 0 Å². The van der Waals surface area contributed by atoms with Gasteiger partial charge in [0.05, 0.1) is 12.5 Å². The van der Waals surface area contributed by atoms with Gasteiger partial charge in [0, 0.05) is 12.6 Å². The molecular weight excluding hydrogens is 324 g/mol. The number of carboxylic acids is 1. The maximum atomic E-state index is 11.7. The Bertz CT molecular complexity index is 456. The molecule has 0 radical (unpaired) electrons. The predicted molar refractivity (Wildman–Crippen MR) is 80.0 cm³/mol. The Balaban J connectivity index is 2.37. The molecule has 4 atom stereocenters. The number of amides is 2.